The Morgan fingerprint density at radius 3 is 2.75 bits per heavy atom. The molecule has 0 bridgehead atoms. The second kappa shape index (κ2) is 7.27. The SMILES string of the molecule is CCNc1ccnc(C(=O)N(CC)C2CCCCC2)c1. The molecule has 1 aromatic heterocycles. The molecule has 0 radical (unpaired) electrons. The number of nitrogens with zero attached hydrogens (tertiary/aromatic N) is 2. The van der Waals surface area contributed by atoms with E-state index in [-0.39, 0.29) is 5.91 Å². The minimum atomic E-state index is 0.0687. The van der Waals surface area contributed by atoms with E-state index in [1.807, 2.05) is 24.0 Å². The van der Waals surface area contributed by atoms with Crippen LogP contribution in [0.1, 0.15) is 56.4 Å². The average Bonchev–Trinajstić information content (AvgIpc) is 2.50. The number of anilines is 1. The van der Waals surface area contributed by atoms with E-state index in [1.165, 1.54) is 19.3 Å². The highest BCUT2D eigenvalue weighted by Crippen LogP contribution is 2.24. The molecule has 0 spiro atoms. The van der Waals surface area contributed by atoms with Gasteiger partial charge in [-0.15, -0.1) is 0 Å². The first-order valence-corrected chi connectivity index (χ1v) is 7.77. The lowest BCUT2D eigenvalue weighted by atomic mass is 9.94. The van der Waals surface area contributed by atoms with Crippen molar-refractivity contribution < 1.29 is 4.79 Å². The maximum absolute atomic E-state index is 12.7. The number of hydrogen-bond donors (Lipinski definition) is 1. The van der Waals surface area contributed by atoms with Gasteiger partial charge in [0.15, 0.2) is 0 Å². The Morgan fingerprint density at radius 2 is 2.10 bits per heavy atom. The normalized spacial score (nSPS) is 15.9. The predicted octanol–water partition coefficient (Wildman–Crippen LogP) is 3.31. The molecule has 1 saturated carbocycles. The van der Waals surface area contributed by atoms with E-state index in [0.29, 0.717) is 11.7 Å². The van der Waals surface area contributed by atoms with Gasteiger partial charge in [0, 0.05) is 31.0 Å². The van der Waals surface area contributed by atoms with Gasteiger partial charge in [0.05, 0.1) is 0 Å². The number of hydrogen-bond acceptors (Lipinski definition) is 3. The molecule has 1 heterocycles. The Morgan fingerprint density at radius 1 is 1.35 bits per heavy atom. The highest BCUT2D eigenvalue weighted by atomic mass is 16.2. The van der Waals surface area contributed by atoms with E-state index >= 15 is 0 Å². The monoisotopic (exact) mass is 275 g/mol. The Bertz CT molecular complexity index is 441. The van der Waals surface area contributed by atoms with Crippen LogP contribution in [0, 0.1) is 0 Å². The summed E-state index contributed by atoms with van der Waals surface area (Å²) < 4.78 is 0. The Labute approximate surface area is 121 Å². The van der Waals surface area contributed by atoms with Crippen molar-refractivity contribution in [3.05, 3.63) is 24.0 Å². The van der Waals surface area contributed by atoms with Gasteiger partial charge in [-0.1, -0.05) is 19.3 Å². The number of aromatic nitrogens is 1. The Balaban J connectivity index is 2.12. The maximum Gasteiger partial charge on any atom is 0.272 e. The third-order valence-corrected chi connectivity index (χ3v) is 3.98. The first-order valence-electron chi connectivity index (χ1n) is 7.77. The topological polar surface area (TPSA) is 45.2 Å². The summed E-state index contributed by atoms with van der Waals surface area (Å²) in [6.07, 6.45) is 7.74. The molecule has 2 rings (SSSR count). The van der Waals surface area contributed by atoms with Crippen LogP contribution in [0.5, 0.6) is 0 Å². The maximum atomic E-state index is 12.7. The van der Waals surface area contributed by atoms with E-state index in [4.69, 9.17) is 0 Å². The van der Waals surface area contributed by atoms with Gasteiger partial charge >= 0.3 is 0 Å². The first-order chi connectivity index (χ1) is 9.76. The van der Waals surface area contributed by atoms with Crippen molar-refractivity contribution in [3.8, 4) is 0 Å². The summed E-state index contributed by atoms with van der Waals surface area (Å²) in [6.45, 7) is 5.71. The van der Waals surface area contributed by atoms with Crippen LogP contribution in [-0.4, -0.2) is 34.9 Å². The molecule has 20 heavy (non-hydrogen) atoms. The summed E-state index contributed by atoms with van der Waals surface area (Å²) in [5, 5.41) is 3.23. The van der Waals surface area contributed by atoms with Crippen LogP contribution in [0.25, 0.3) is 0 Å². The molecule has 0 aromatic carbocycles. The summed E-state index contributed by atoms with van der Waals surface area (Å²) >= 11 is 0. The molecule has 4 heteroatoms. The van der Waals surface area contributed by atoms with Gasteiger partial charge in [-0.3, -0.25) is 9.78 Å². The zero-order valence-corrected chi connectivity index (χ0v) is 12.6. The molecule has 1 aliphatic rings. The standard InChI is InChI=1S/C16H25N3O/c1-3-17-13-10-11-18-15(12-13)16(20)19(4-2)14-8-6-5-7-9-14/h10-12,14H,3-9H2,1-2H3,(H,17,18). The summed E-state index contributed by atoms with van der Waals surface area (Å²) in [5.74, 6) is 0.0687. The second-order valence-corrected chi connectivity index (χ2v) is 5.34. The lowest BCUT2D eigenvalue weighted by Crippen LogP contribution is -2.41. The largest absolute Gasteiger partial charge is 0.385 e. The van der Waals surface area contributed by atoms with E-state index < -0.39 is 0 Å². The van der Waals surface area contributed by atoms with Crippen LogP contribution in [0.3, 0.4) is 0 Å². The third kappa shape index (κ3) is 3.50. The third-order valence-electron chi connectivity index (χ3n) is 3.98. The first kappa shape index (κ1) is 14.8. The van der Waals surface area contributed by atoms with E-state index in [1.54, 1.807) is 6.20 Å². The van der Waals surface area contributed by atoms with Crippen molar-refractivity contribution in [1.82, 2.24) is 9.88 Å². The fourth-order valence-electron chi connectivity index (χ4n) is 2.97. The number of nitrogens with one attached hydrogen (secondary N) is 1. The lowest BCUT2D eigenvalue weighted by Gasteiger charge is -2.33. The molecule has 4 nitrogen and oxygen atoms in total. The molecule has 0 aliphatic heterocycles. The number of amides is 1. The van der Waals surface area contributed by atoms with Crippen molar-refractivity contribution in [2.45, 2.75) is 52.0 Å². The molecular formula is C16H25N3O. The van der Waals surface area contributed by atoms with Gasteiger partial charge in [0.1, 0.15) is 5.69 Å². The minimum Gasteiger partial charge on any atom is -0.385 e. The van der Waals surface area contributed by atoms with Crippen molar-refractivity contribution in [2.24, 2.45) is 0 Å². The highest BCUT2D eigenvalue weighted by molar-refractivity contribution is 5.93. The van der Waals surface area contributed by atoms with Crippen LogP contribution in [0.15, 0.2) is 18.3 Å². The van der Waals surface area contributed by atoms with Crippen molar-refractivity contribution in [1.29, 1.82) is 0 Å². The molecule has 110 valence electrons. The van der Waals surface area contributed by atoms with Gasteiger partial charge in [-0.05, 0) is 38.8 Å². The smallest absolute Gasteiger partial charge is 0.272 e. The van der Waals surface area contributed by atoms with E-state index in [0.717, 1.165) is 31.6 Å². The van der Waals surface area contributed by atoms with Crippen LogP contribution in [-0.2, 0) is 0 Å². The summed E-state index contributed by atoms with van der Waals surface area (Å²) in [7, 11) is 0. The molecule has 1 amide bonds. The van der Waals surface area contributed by atoms with Gasteiger partial charge in [0.2, 0.25) is 0 Å². The molecule has 1 aliphatic carbocycles. The fourth-order valence-corrected chi connectivity index (χ4v) is 2.97. The summed E-state index contributed by atoms with van der Waals surface area (Å²) in [5.41, 5.74) is 1.52. The zero-order valence-electron chi connectivity index (χ0n) is 12.6. The minimum absolute atomic E-state index is 0.0687. The molecule has 1 aromatic rings. The van der Waals surface area contributed by atoms with Crippen molar-refractivity contribution in [2.75, 3.05) is 18.4 Å². The quantitative estimate of drug-likeness (QED) is 0.896. The summed E-state index contributed by atoms with van der Waals surface area (Å²) in [4.78, 5) is 18.9. The van der Waals surface area contributed by atoms with Gasteiger partial charge in [-0.25, -0.2) is 0 Å². The predicted molar refractivity (Wildman–Crippen MR) is 82.0 cm³/mol. The molecular weight excluding hydrogens is 250 g/mol. The van der Waals surface area contributed by atoms with Crippen LogP contribution in [0.2, 0.25) is 0 Å². The van der Waals surface area contributed by atoms with Gasteiger partial charge in [-0.2, -0.15) is 0 Å². The number of pyridine rings is 1. The Hall–Kier alpha value is -1.58. The molecule has 0 atom stereocenters. The van der Waals surface area contributed by atoms with Gasteiger partial charge < -0.3 is 10.2 Å². The zero-order chi connectivity index (χ0) is 14.4. The number of rotatable bonds is 5. The number of carbonyl (C=O) groups excluding carboxylic acids is 1. The summed E-state index contributed by atoms with van der Waals surface area (Å²) in [6, 6.07) is 4.15. The second-order valence-electron chi connectivity index (χ2n) is 5.34. The average molecular weight is 275 g/mol. The van der Waals surface area contributed by atoms with Crippen LogP contribution < -0.4 is 5.32 Å². The highest BCUT2D eigenvalue weighted by Gasteiger charge is 2.25. The Kier molecular flexibility index (Phi) is 5.39. The van der Waals surface area contributed by atoms with E-state index in [2.05, 4.69) is 17.2 Å². The molecule has 1 fully saturated rings. The van der Waals surface area contributed by atoms with Crippen molar-refractivity contribution in [3.63, 3.8) is 0 Å². The molecule has 0 saturated heterocycles. The van der Waals surface area contributed by atoms with Gasteiger partial charge in [0.25, 0.3) is 5.91 Å². The fraction of sp³-hybridized carbons (Fsp3) is 0.625. The molecule has 1 N–H and O–H groups in total. The molecule has 0 unspecified atom stereocenters. The number of carbonyl (C=O) groups is 1. The van der Waals surface area contributed by atoms with Crippen LogP contribution >= 0.6 is 0 Å². The lowest BCUT2D eigenvalue weighted by molar-refractivity contribution is 0.0642. The van der Waals surface area contributed by atoms with Crippen molar-refractivity contribution >= 4 is 11.6 Å². The van der Waals surface area contributed by atoms with Crippen LogP contribution in [0.4, 0.5) is 5.69 Å². The van der Waals surface area contributed by atoms with E-state index in [9.17, 15) is 4.79 Å².